The van der Waals surface area contributed by atoms with Crippen LogP contribution in [0.1, 0.15) is 50.7 Å². The van der Waals surface area contributed by atoms with Gasteiger partial charge in [0, 0.05) is 31.8 Å². The topological polar surface area (TPSA) is 56.8 Å². The fourth-order valence-electron chi connectivity index (χ4n) is 4.84. The average Bonchev–Trinajstić information content (AvgIpc) is 3.16. The van der Waals surface area contributed by atoms with E-state index >= 15 is 0 Å². The van der Waals surface area contributed by atoms with Crippen LogP contribution in [0, 0.1) is 11.8 Å². The number of hydrogen-bond acceptors (Lipinski definition) is 4. The van der Waals surface area contributed by atoms with Crippen LogP contribution in [-0.2, 0) is 27.1 Å². The number of nitrogens with one attached hydrogen (secondary N) is 1. The second-order valence-corrected chi connectivity index (χ2v) is 8.95. The summed E-state index contributed by atoms with van der Waals surface area (Å²) in [6.45, 7) is 6.78. The fourth-order valence-corrected chi connectivity index (χ4v) is 4.84. The van der Waals surface area contributed by atoms with Crippen LogP contribution in [0.2, 0.25) is 0 Å². The van der Waals surface area contributed by atoms with Gasteiger partial charge in [-0.3, -0.25) is 4.79 Å². The summed E-state index contributed by atoms with van der Waals surface area (Å²) in [5.41, 5.74) is 1.86. The molecule has 1 amide bonds. The van der Waals surface area contributed by atoms with Crippen LogP contribution in [0.15, 0.2) is 18.2 Å². The molecule has 2 unspecified atom stereocenters. The van der Waals surface area contributed by atoms with E-state index in [1.54, 1.807) is 0 Å². The number of aryl methyl sites for hydroxylation is 2. The number of amides is 1. The molecule has 5 nitrogen and oxygen atoms in total. The normalized spacial score (nSPS) is 25.9. The van der Waals surface area contributed by atoms with Gasteiger partial charge in [-0.2, -0.15) is 0 Å². The van der Waals surface area contributed by atoms with Gasteiger partial charge in [0.1, 0.15) is 5.75 Å². The van der Waals surface area contributed by atoms with E-state index in [1.165, 1.54) is 17.5 Å². The number of rotatable bonds is 5. The molecule has 0 saturated carbocycles. The summed E-state index contributed by atoms with van der Waals surface area (Å²) in [4.78, 5) is 13.1. The minimum Gasteiger partial charge on any atom is -0.478 e. The molecule has 0 spiro atoms. The molecule has 5 heteroatoms. The van der Waals surface area contributed by atoms with E-state index < -0.39 is 5.60 Å². The molecule has 154 valence electrons. The number of hydrogen-bond donors (Lipinski definition) is 1. The molecule has 3 aliphatic rings. The largest absolute Gasteiger partial charge is 0.478 e. The predicted molar refractivity (Wildman–Crippen MR) is 108 cm³/mol. The highest BCUT2D eigenvalue weighted by atomic mass is 16.5. The van der Waals surface area contributed by atoms with Crippen molar-refractivity contribution in [3.05, 3.63) is 29.3 Å². The fraction of sp³-hybridized carbons (Fsp3) is 0.696. The molecule has 2 heterocycles. The minimum atomic E-state index is -0.911. The molecule has 0 bridgehead atoms. The lowest BCUT2D eigenvalue weighted by atomic mass is 9.79. The number of benzene rings is 1. The van der Waals surface area contributed by atoms with Gasteiger partial charge in [-0.05, 0) is 81.5 Å². The van der Waals surface area contributed by atoms with Crippen molar-refractivity contribution in [1.82, 2.24) is 5.32 Å². The first-order chi connectivity index (χ1) is 13.5. The first-order valence-corrected chi connectivity index (χ1v) is 10.8. The summed E-state index contributed by atoms with van der Waals surface area (Å²) in [5.74, 6) is 1.66. The van der Waals surface area contributed by atoms with E-state index in [9.17, 15) is 4.79 Å². The van der Waals surface area contributed by atoms with Gasteiger partial charge in [0.2, 0.25) is 0 Å². The molecule has 0 aromatic heterocycles. The van der Waals surface area contributed by atoms with Crippen LogP contribution in [0.5, 0.6) is 5.75 Å². The number of fused-ring (bicyclic) bond motifs is 1. The highest BCUT2D eigenvalue weighted by Gasteiger charge is 2.38. The number of ether oxygens (including phenoxy) is 3. The van der Waals surface area contributed by atoms with E-state index in [1.807, 2.05) is 19.9 Å². The Balaban J connectivity index is 1.40. The molecule has 4 rings (SSSR count). The SMILES string of the molecule is CC(C)(Oc1ccc2c(c1)CCC2)C(=O)NC1CCOCC1C1CCOCC1. The molecule has 1 N–H and O–H groups in total. The summed E-state index contributed by atoms with van der Waals surface area (Å²) in [6.07, 6.45) is 6.43. The maximum atomic E-state index is 13.1. The lowest BCUT2D eigenvalue weighted by Crippen LogP contribution is -2.55. The van der Waals surface area contributed by atoms with Crippen molar-refractivity contribution >= 4 is 5.91 Å². The quantitative estimate of drug-likeness (QED) is 0.842. The molecule has 1 aliphatic carbocycles. The lowest BCUT2D eigenvalue weighted by molar-refractivity contribution is -0.137. The Kier molecular flexibility index (Phi) is 5.93. The first-order valence-electron chi connectivity index (χ1n) is 10.8. The van der Waals surface area contributed by atoms with Gasteiger partial charge >= 0.3 is 0 Å². The Morgan fingerprint density at radius 1 is 1.07 bits per heavy atom. The van der Waals surface area contributed by atoms with Crippen LogP contribution in [0.4, 0.5) is 0 Å². The Labute approximate surface area is 168 Å². The van der Waals surface area contributed by atoms with Crippen molar-refractivity contribution in [2.24, 2.45) is 11.8 Å². The minimum absolute atomic E-state index is 0.0445. The first kappa shape index (κ1) is 19.7. The molecular weight excluding hydrogens is 354 g/mol. The zero-order chi connectivity index (χ0) is 19.6. The summed E-state index contributed by atoms with van der Waals surface area (Å²) in [7, 11) is 0. The molecule has 2 aliphatic heterocycles. The number of carbonyl (C=O) groups is 1. The van der Waals surface area contributed by atoms with Crippen LogP contribution < -0.4 is 10.1 Å². The summed E-state index contributed by atoms with van der Waals surface area (Å²) < 4.78 is 17.4. The van der Waals surface area contributed by atoms with Gasteiger partial charge < -0.3 is 19.5 Å². The standard InChI is InChI=1S/C23H33NO4/c1-23(2,28-19-7-6-16-4-3-5-18(16)14-19)22(25)24-21-10-13-27-15-20(21)17-8-11-26-12-9-17/h6-7,14,17,20-21H,3-5,8-13,15H2,1-2H3,(H,24,25). The zero-order valence-corrected chi connectivity index (χ0v) is 17.2. The molecule has 1 aromatic carbocycles. The Morgan fingerprint density at radius 3 is 2.64 bits per heavy atom. The van der Waals surface area contributed by atoms with E-state index in [4.69, 9.17) is 14.2 Å². The molecule has 2 fully saturated rings. The van der Waals surface area contributed by atoms with Crippen molar-refractivity contribution in [3.8, 4) is 5.75 Å². The van der Waals surface area contributed by atoms with Gasteiger partial charge in [-0.15, -0.1) is 0 Å². The van der Waals surface area contributed by atoms with Crippen molar-refractivity contribution in [3.63, 3.8) is 0 Å². The molecule has 1 aromatic rings. The zero-order valence-electron chi connectivity index (χ0n) is 17.2. The van der Waals surface area contributed by atoms with Crippen LogP contribution in [-0.4, -0.2) is 44.0 Å². The van der Waals surface area contributed by atoms with E-state index in [-0.39, 0.29) is 11.9 Å². The third-order valence-corrected chi connectivity index (χ3v) is 6.58. The smallest absolute Gasteiger partial charge is 0.263 e. The van der Waals surface area contributed by atoms with Gasteiger partial charge in [0.25, 0.3) is 5.91 Å². The van der Waals surface area contributed by atoms with Gasteiger partial charge in [-0.25, -0.2) is 0 Å². The molecular formula is C23H33NO4. The highest BCUT2D eigenvalue weighted by molar-refractivity contribution is 5.85. The van der Waals surface area contributed by atoms with Crippen molar-refractivity contribution in [1.29, 1.82) is 0 Å². The summed E-state index contributed by atoms with van der Waals surface area (Å²) in [6, 6.07) is 6.40. The molecule has 28 heavy (non-hydrogen) atoms. The number of carbonyl (C=O) groups excluding carboxylic acids is 1. The van der Waals surface area contributed by atoms with Gasteiger partial charge in [0.15, 0.2) is 5.60 Å². The van der Waals surface area contributed by atoms with Crippen molar-refractivity contribution in [2.75, 3.05) is 26.4 Å². The summed E-state index contributed by atoms with van der Waals surface area (Å²) in [5, 5.41) is 3.29. The maximum Gasteiger partial charge on any atom is 0.263 e. The van der Waals surface area contributed by atoms with Crippen LogP contribution in [0.3, 0.4) is 0 Å². The second-order valence-electron chi connectivity index (χ2n) is 8.95. The van der Waals surface area contributed by atoms with E-state index in [2.05, 4.69) is 17.4 Å². The van der Waals surface area contributed by atoms with E-state index in [0.717, 1.165) is 57.7 Å². The molecule has 2 atom stereocenters. The lowest BCUT2D eigenvalue weighted by Gasteiger charge is -2.40. The van der Waals surface area contributed by atoms with Crippen LogP contribution >= 0.6 is 0 Å². The van der Waals surface area contributed by atoms with Crippen LogP contribution in [0.25, 0.3) is 0 Å². The van der Waals surface area contributed by atoms with Gasteiger partial charge in [0.05, 0.1) is 6.61 Å². The van der Waals surface area contributed by atoms with E-state index in [0.29, 0.717) is 18.4 Å². The Bertz CT molecular complexity index is 696. The highest BCUT2D eigenvalue weighted by Crippen LogP contribution is 2.31. The molecule has 2 saturated heterocycles. The van der Waals surface area contributed by atoms with Crippen molar-refractivity contribution in [2.45, 2.75) is 64.0 Å². The third-order valence-electron chi connectivity index (χ3n) is 6.58. The monoisotopic (exact) mass is 387 g/mol. The average molecular weight is 388 g/mol. The predicted octanol–water partition coefficient (Wildman–Crippen LogP) is 3.28. The summed E-state index contributed by atoms with van der Waals surface area (Å²) >= 11 is 0. The molecule has 0 radical (unpaired) electrons. The Hall–Kier alpha value is -1.59. The maximum absolute atomic E-state index is 13.1. The van der Waals surface area contributed by atoms with Crippen molar-refractivity contribution < 1.29 is 19.0 Å². The van der Waals surface area contributed by atoms with Gasteiger partial charge in [-0.1, -0.05) is 6.07 Å². The second kappa shape index (κ2) is 8.42. The Morgan fingerprint density at radius 2 is 1.82 bits per heavy atom. The third kappa shape index (κ3) is 4.36.